The van der Waals surface area contributed by atoms with Gasteiger partial charge < -0.3 is 10.2 Å². The number of hydrogen-bond donors (Lipinski definition) is 1. The summed E-state index contributed by atoms with van der Waals surface area (Å²) in [5, 5.41) is 18.0. The van der Waals surface area contributed by atoms with Crippen molar-refractivity contribution in [1.82, 2.24) is 25.2 Å². The molecule has 2 heterocycles. The smallest absolute Gasteiger partial charge is 0.292 e. The second-order valence-corrected chi connectivity index (χ2v) is 5.73. The van der Waals surface area contributed by atoms with Gasteiger partial charge in [0.05, 0.1) is 5.69 Å². The maximum atomic E-state index is 11.5. The van der Waals surface area contributed by atoms with Crippen LogP contribution in [-0.2, 0) is 28.1 Å². The molecule has 0 spiro atoms. The van der Waals surface area contributed by atoms with Gasteiger partial charge >= 0.3 is 0 Å². The Bertz CT molecular complexity index is 1010. The summed E-state index contributed by atoms with van der Waals surface area (Å²) in [6, 6.07) is 14.4. The number of ketones is 1. The number of amides is 1. The van der Waals surface area contributed by atoms with Crippen molar-refractivity contribution >= 4 is 23.2 Å². The zero-order valence-electron chi connectivity index (χ0n) is 15.2. The number of rotatable bonds is 7. The van der Waals surface area contributed by atoms with Crippen molar-refractivity contribution in [2.75, 3.05) is 5.32 Å². The predicted molar refractivity (Wildman–Crippen MR) is 99.2 cm³/mol. The number of Topliss-reactive ketones (excluding diaryl/α,β-unsaturated/α-hetero) is 1. The number of anilines is 1. The van der Waals surface area contributed by atoms with Crippen molar-refractivity contribution in [2.24, 2.45) is 12.2 Å². The number of aromatic nitrogens is 5. The van der Waals surface area contributed by atoms with Crippen LogP contribution in [0.2, 0.25) is 0 Å². The van der Waals surface area contributed by atoms with Gasteiger partial charge in [0, 0.05) is 19.5 Å². The van der Waals surface area contributed by atoms with Gasteiger partial charge in [-0.3, -0.25) is 9.59 Å². The van der Waals surface area contributed by atoms with Gasteiger partial charge in [-0.1, -0.05) is 41.6 Å². The van der Waals surface area contributed by atoms with Crippen molar-refractivity contribution in [1.29, 1.82) is 0 Å². The highest BCUT2D eigenvalue weighted by Crippen LogP contribution is 2.10. The van der Waals surface area contributed by atoms with E-state index in [9.17, 15) is 9.59 Å². The molecule has 0 aliphatic carbocycles. The molecular weight excluding hydrogens is 362 g/mol. The van der Waals surface area contributed by atoms with Crippen LogP contribution >= 0.6 is 0 Å². The monoisotopic (exact) mass is 379 g/mol. The minimum atomic E-state index is -0.732. The summed E-state index contributed by atoms with van der Waals surface area (Å²) >= 11 is 0. The lowest BCUT2D eigenvalue weighted by molar-refractivity contribution is -0.133. The van der Waals surface area contributed by atoms with Crippen LogP contribution in [-0.4, -0.2) is 42.6 Å². The van der Waals surface area contributed by atoms with Crippen molar-refractivity contribution in [3.05, 3.63) is 65.6 Å². The van der Waals surface area contributed by atoms with Gasteiger partial charge in [-0.25, -0.2) is 9.67 Å². The van der Waals surface area contributed by atoms with Crippen LogP contribution in [0.5, 0.6) is 0 Å². The van der Waals surface area contributed by atoms with Crippen molar-refractivity contribution < 1.29 is 14.4 Å². The van der Waals surface area contributed by atoms with E-state index in [1.54, 1.807) is 25.2 Å². The van der Waals surface area contributed by atoms with Crippen LogP contribution in [0.25, 0.3) is 0 Å². The molecule has 0 bridgehead atoms. The van der Waals surface area contributed by atoms with Crippen molar-refractivity contribution in [2.45, 2.75) is 13.5 Å². The summed E-state index contributed by atoms with van der Waals surface area (Å²) in [5.74, 6) is -0.629. The van der Waals surface area contributed by atoms with E-state index < -0.39 is 11.7 Å². The van der Waals surface area contributed by atoms with Crippen LogP contribution < -0.4 is 5.32 Å². The lowest BCUT2D eigenvalue weighted by Gasteiger charge is -2.07. The number of carbonyl (C=O) groups is 2. The molecule has 0 unspecified atom stereocenters. The van der Waals surface area contributed by atoms with Gasteiger partial charge in [0.25, 0.3) is 5.91 Å². The molecule has 0 saturated carbocycles. The quantitative estimate of drug-likeness (QED) is 0.370. The Hall–Kier alpha value is -3.95. The summed E-state index contributed by atoms with van der Waals surface area (Å²) < 4.78 is 1.49. The summed E-state index contributed by atoms with van der Waals surface area (Å²) in [7, 11) is 1.70. The van der Waals surface area contributed by atoms with Crippen LogP contribution in [0.4, 0.5) is 5.82 Å². The zero-order valence-corrected chi connectivity index (χ0v) is 15.2. The topological polar surface area (TPSA) is 124 Å². The van der Waals surface area contributed by atoms with Gasteiger partial charge in [0.15, 0.2) is 12.3 Å². The second kappa shape index (κ2) is 8.62. The predicted octanol–water partition coefficient (Wildman–Crippen LogP) is 1.10. The number of aryl methyl sites for hydroxylation is 1. The Kier molecular flexibility index (Phi) is 5.80. The van der Waals surface area contributed by atoms with E-state index >= 15 is 0 Å². The first kappa shape index (κ1) is 18.8. The van der Waals surface area contributed by atoms with Crippen LogP contribution in [0.15, 0.2) is 53.7 Å². The normalized spacial score (nSPS) is 11.1. The Morgan fingerprint density at radius 3 is 2.61 bits per heavy atom. The summed E-state index contributed by atoms with van der Waals surface area (Å²) in [6.07, 6.45) is 0. The molecule has 0 fully saturated rings. The molecule has 1 N–H and O–H groups in total. The van der Waals surface area contributed by atoms with E-state index in [1.807, 2.05) is 30.3 Å². The molecule has 10 nitrogen and oxygen atoms in total. The molecule has 0 radical (unpaired) electrons. The zero-order chi connectivity index (χ0) is 19.9. The minimum Gasteiger partial charge on any atom is -0.389 e. The largest absolute Gasteiger partial charge is 0.389 e. The number of oxime groups is 1. The van der Waals surface area contributed by atoms with Gasteiger partial charge in [-0.15, -0.1) is 5.10 Å². The highest BCUT2D eigenvalue weighted by molar-refractivity contribution is 6.39. The van der Waals surface area contributed by atoms with Gasteiger partial charge in [0.1, 0.15) is 5.82 Å². The number of hydrogen-bond acceptors (Lipinski definition) is 8. The molecule has 0 atom stereocenters. The van der Waals surface area contributed by atoms with Gasteiger partial charge in [0.2, 0.25) is 11.6 Å². The highest BCUT2D eigenvalue weighted by atomic mass is 16.6. The van der Waals surface area contributed by atoms with E-state index in [4.69, 9.17) is 4.84 Å². The summed E-state index contributed by atoms with van der Waals surface area (Å²) in [4.78, 5) is 32.2. The van der Waals surface area contributed by atoms with Gasteiger partial charge in [-0.05, 0) is 22.6 Å². The molecule has 10 heteroatoms. The first-order valence-corrected chi connectivity index (χ1v) is 8.30. The number of nitrogens with one attached hydrogen (secondary N) is 1. The molecule has 28 heavy (non-hydrogen) atoms. The first-order valence-electron chi connectivity index (χ1n) is 8.30. The van der Waals surface area contributed by atoms with Gasteiger partial charge in [-0.2, -0.15) is 0 Å². The van der Waals surface area contributed by atoms with Crippen LogP contribution in [0.1, 0.15) is 24.0 Å². The lowest BCUT2D eigenvalue weighted by atomic mass is 10.1. The SMILES string of the molecule is CC(=O)C(=O)Nc1cccc(CON=C(c2ccccc2)c2nnnn2C)n1. The molecular formula is C18H17N7O3. The average Bonchev–Trinajstić information content (AvgIpc) is 3.12. The standard InChI is InChI=1S/C18H17N7O3/c1-12(26)18(27)20-15-10-6-9-14(19-15)11-28-22-16(13-7-4-3-5-8-13)17-21-23-24-25(17)2/h3-10H,11H2,1-2H3,(H,19,20,27). The lowest BCUT2D eigenvalue weighted by Crippen LogP contribution is -2.20. The molecule has 3 aromatic rings. The number of benzene rings is 1. The third-order valence-corrected chi connectivity index (χ3v) is 3.62. The van der Waals surface area contributed by atoms with E-state index in [1.165, 1.54) is 11.6 Å². The van der Waals surface area contributed by atoms with Crippen molar-refractivity contribution in [3.63, 3.8) is 0 Å². The molecule has 3 rings (SSSR count). The van der Waals surface area contributed by atoms with Crippen molar-refractivity contribution in [3.8, 4) is 0 Å². The van der Waals surface area contributed by atoms with E-state index in [0.717, 1.165) is 5.56 Å². The molecule has 1 aromatic carbocycles. The first-order chi connectivity index (χ1) is 13.5. The van der Waals surface area contributed by atoms with E-state index in [2.05, 4.69) is 31.0 Å². The number of carbonyl (C=O) groups excluding carboxylic acids is 2. The molecule has 0 saturated heterocycles. The average molecular weight is 379 g/mol. The van der Waals surface area contributed by atoms with E-state index in [0.29, 0.717) is 17.2 Å². The Morgan fingerprint density at radius 1 is 1.14 bits per heavy atom. The molecule has 1 amide bonds. The second-order valence-electron chi connectivity index (χ2n) is 5.73. The number of nitrogens with zero attached hydrogens (tertiary/aromatic N) is 6. The minimum absolute atomic E-state index is 0.0470. The highest BCUT2D eigenvalue weighted by Gasteiger charge is 2.15. The maximum Gasteiger partial charge on any atom is 0.292 e. The fourth-order valence-electron chi connectivity index (χ4n) is 2.25. The maximum absolute atomic E-state index is 11.5. The summed E-state index contributed by atoms with van der Waals surface area (Å²) in [5.41, 5.74) is 1.78. The van der Waals surface area contributed by atoms with Crippen LogP contribution in [0, 0.1) is 0 Å². The fraction of sp³-hybridized carbons (Fsp3) is 0.167. The third-order valence-electron chi connectivity index (χ3n) is 3.62. The molecule has 2 aromatic heterocycles. The number of tetrazole rings is 1. The van der Waals surface area contributed by atoms with Crippen LogP contribution in [0.3, 0.4) is 0 Å². The molecule has 0 aliphatic heterocycles. The Balaban J connectivity index is 1.77. The third kappa shape index (κ3) is 4.61. The fourth-order valence-corrected chi connectivity index (χ4v) is 2.25. The molecule has 0 aliphatic rings. The van der Waals surface area contributed by atoms with E-state index in [-0.39, 0.29) is 12.4 Å². The Labute approximate surface area is 160 Å². The molecule has 142 valence electrons. The summed E-state index contributed by atoms with van der Waals surface area (Å²) in [6.45, 7) is 1.23. The Morgan fingerprint density at radius 2 is 1.93 bits per heavy atom. The number of pyridine rings is 1.